The van der Waals surface area contributed by atoms with E-state index in [1.54, 1.807) is 0 Å². The molecule has 1 aromatic rings. The molecule has 0 saturated heterocycles. The van der Waals surface area contributed by atoms with Crippen LogP contribution in [0.3, 0.4) is 0 Å². The Morgan fingerprint density at radius 2 is 1.67 bits per heavy atom. The number of hydrogen-bond donors (Lipinski definition) is 1. The highest BCUT2D eigenvalue weighted by Gasteiger charge is 2.63. The number of carbonyl (C=O) groups is 1. The second-order valence-electron chi connectivity index (χ2n) is 4.57. The van der Waals surface area contributed by atoms with Crippen LogP contribution in [0.25, 0.3) is 0 Å². The van der Waals surface area contributed by atoms with Crippen LogP contribution in [0.5, 0.6) is 0 Å². The summed E-state index contributed by atoms with van der Waals surface area (Å²) >= 11 is 0. The Kier molecular flexibility index (Phi) is 6.63. The van der Waals surface area contributed by atoms with E-state index in [1.165, 1.54) is 6.92 Å². The predicted molar refractivity (Wildman–Crippen MR) is 72.9 cm³/mol. The summed E-state index contributed by atoms with van der Waals surface area (Å²) < 4.78 is 82.6. The normalized spacial score (nSPS) is 15.1. The van der Waals surface area contributed by atoms with Crippen LogP contribution in [0, 0.1) is 0 Å². The Balaban J connectivity index is 2.70. The molecule has 0 saturated carbocycles. The van der Waals surface area contributed by atoms with Crippen molar-refractivity contribution in [3.8, 4) is 0 Å². The van der Waals surface area contributed by atoms with Crippen molar-refractivity contribution in [1.82, 2.24) is 0 Å². The number of halogens is 5. The maximum Gasteiger partial charge on any atom is 0.472 e. The summed E-state index contributed by atoms with van der Waals surface area (Å²) in [5.74, 6) is -7.83. The van der Waals surface area contributed by atoms with Crippen molar-refractivity contribution in [3.63, 3.8) is 0 Å². The van der Waals surface area contributed by atoms with Gasteiger partial charge in [-0.1, -0.05) is 24.3 Å². The smallest absolute Gasteiger partial charge is 0.302 e. The van der Waals surface area contributed by atoms with Gasteiger partial charge in [-0.15, -0.1) is 0 Å². The van der Waals surface area contributed by atoms with Gasteiger partial charge in [0.1, 0.15) is 0 Å². The Morgan fingerprint density at radius 3 is 2.12 bits per heavy atom. The van der Waals surface area contributed by atoms with Gasteiger partial charge in [-0.2, -0.15) is 22.0 Å². The van der Waals surface area contributed by atoms with Crippen LogP contribution in [0.15, 0.2) is 24.3 Å². The van der Waals surface area contributed by atoms with Crippen molar-refractivity contribution in [2.45, 2.75) is 25.4 Å². The third-order valence-electron chi connectivity index (χ3n) is 2.79. The number of hydrogen-bond acceptors (Lipinski definition) is 4. The highest BCUT2D eigenvalue weighted by molar-refractivity contribution is 7.47. The average Bonchev–Trinajstić information content (AvgIpc) is 2.45. The molecule has 0 heterocycles. The van der Waals surface area contributed by atoms with E-state index >= 15 is 0 Å². The summed E-state index contributed by atoms with van der Waals surface area (Å²) in [6.45, 7) is 1.19. The van der Waals surface area contributed by atoms with Gasteiger partial charge >= 0.3 is 19.9 Å². The van der Waals surface area contributed by atoms with E-state index in [-0.39, 0.29) is 19.6 Å². The third-order valence-corrected chi connectivity index (χ3v) is 3.89. The SMILES string of the molecule is CCOP(=O)(O)OCCc1ccc(C(=O)C(F)(F)C(F)(F)F)cc1. The van der Waals surface area contributed by atoms with Gasteiger partial charge in [0, 0.05) is 5.56 Å². The lowest BCUT2D eigenvalue weighted by Gasteiger charge is -2.18. The van der Waals surface area contributed by atoms with Gasteiger partial charge < -0.3 is 4.89 Å². The van der Waals surface area contributed by atoms with Gasteiger partial charge in [0.05, 0.1) is 13.2 Å². The Hall–Kier alpha value is -1.35. The quantitative estimate of drug-likeness (QED) is 0.425. The summed E-state index contributed by atoms with van der Waals surface area (Å²) in [4.78, 5) is 20.4. The maximum absolute atomic E-state index is 12.9. The summed E-state index contributed by atoms with van der Waals surface area (Å²) in [5.41, 5.74) is -0.400. The van der Waals surface area contributed by atoms with Crippen LogP contribution < -0.4 is 0 Å². The van der Waals surface area contributed by atoms with E-state index in [4.69, 9.17) is 4.89 Å². The van der Waals surface area contributed by atoms with Crippen molar-refractivity contribution < 1.29 is 45.3 Å². The minimum Gasteiger partial charge on any atom is -0.302 e. The molecular formula is C13H14F5O5P. The first-order chi connectivity index (χ1) is 10.9. The molecule has 0 aliphatic heterocycles. The minimum absolute atomic E-state index is 0.0436. The molecule has 1 N–H and O–H groups in total. The number of phosphoric acid groups is 1. The van der Waals surface area contributed by atoms with Gasteiger partial charge in [0.15, 0.2) is 0 Å². The Bertz CT molecular complexity index is 614. The van der Waals surface area contributed by atoms with Crippen molar-refractivity contribution in [2.75, 3.05) is 13.2 Å². The summed E-state index contributed by atoms with van der Waals surface area (Å²) in [7, 11) is -4.17. The van der Waals surface area contributed by atoms with Gasteiger partial charge in [-0.05, 0) is 18.9 Å². The number of alkyl halides is 5. The zero-order valence-electron chi connectivity index (χ0n) is 12.3. The lowest BCUT2D eigenvalue weighted by Crippen LogP contribution is -2.44. The predicted octanol–water partition coefficient (Wildman–Crippen LogP) is 3.76. The second-order valence-corrected chi connectivity index (χ2v) is 6.02. The van der Waals surface area contributed by atoms with E-state index in [2.05, 4.69) is 9.05 Å². The number of phosphoric ester groups is 1. The summed E-state index contributed by atoms with van der Waals surface area (Å²) in [5, 5.41) is 0. The number of ketones is 1. The molecule has 0 aliphatic carbocycles. The molecule has 0 aliphatic rings. The van der Waals surface area contributed by atoms with Crippen LogP contribution >= 0.6 is 7.82 Å². The molecular weight excluding hydrogens is 362 g/mol. The Labute approximate surface area is 134 Å². The molecule has 1 unspecified atom stereocenters. The fourth-order valence-electron chi connectivity index (χ4n) is 1.61. The molecule has 0 aromatic heterocycles. The highest BCUT2D eigenvalue weighted by Crippen LogP contribution is 2.43. The van der Waals surface area contributed by atoms with Crippen molar-refractivity contribution in [1.29, 1.82) is 0 Å². The fraction of sp³-hybridized carbons (Fsp3) is 0.462. The minimum atomic E-state index is -5.97. The summed E-state index contributed by atoms with van der Waals surface area (Å²) in [6, 6.07) is 3.93. The van der Waals surface area contributed by atoms with Gasteiger partial charge in [-0.3, -0.25) is 13.8 Å². The third kappa shape index (κ3) is 5.34. The molecule has 0 bridgehead atoms. The number of benzene rings is 1. The molecule has 0 fully saturated rings. The number of carbonyl (C=O) groups excluding carboxylic acids is 1. The number of rotatable bonds is 8. The second kappa shape index (κ2) is 7.69. The standard InChI is InChI=1S/C13H14F5O5P/c1-2-22-24(20,21)23-8-7-9-3-5-10(6-4-9)11(19)12(14,15)13(16,17)18/h3-6H,2,7-8H2,1H3,(H,20,21). The molecule has 0 radical (unpaired) electrons. The number of Topliss-reactive ketones (excluding diaryl/α,β-unsaturated/α-hetero) is 1. The zero-order chi connectivity index (χ0) is 18.6. The van der Waals surface area contributed by atoms with Crippen molar-refractivity contribution in [2.24, 2.45) is 0 Å². The van der Waals surface area contributed by atoms with E-state index in [1.807, 2.05) is 0 Å². The molecule has 11 heteroatoms. The van der Waals surface area contributed by atoms with Crippen LogP contribution in [0.1, 0.15) is 22.8 Å². The van der Waals surface area contributed by atoms with Crippen LogP contribution in [0.4, 0.5) is 22.0 Å². The lowest BCUT2D eigenvalue weighted by molar-refractivity contribution is -0.255. The van der Waals surface area contributed by atoms with E-state index < -0.39 is 31.3 Å². The first-order valence-electron chi connectivity index (χ1n) is 6.61. The average molecular weight is 376 g/mol. The molecule has 136 valence electrons. The first-order valence-corrected chi connectivity index (χ1v) is 8.10. The van der Waals surface area contributed by atoms with Crippen molar-refractivity contribution in [3.05, 3.63) is 35.4 Å². The fourth-order valence-corrected chi connectivity index (χ4v) is 2.33. The van der Waals surface area contributed by atoms with Crippen LogP contribution in [0.2, 0.25) is 0 Å². The zero-order valence-corrected chi connectivity index (χ0v) is 13.2. The van der Waals surface area contributed by atoms with E-state index in [9.17, 15) is 31.3 Å². The maximum atomic E-state index is 12.9. The van der Waals surface area contributed by atoms with E-state index in [0.717, 1.165) is 24.3 Å². The monoisotopic (exact) mass is 376 g/mol. The van der Waals surface area contributed by atoms with E-state index in [0.29, 0.717) is 5.56 Å². The van der Waals surface area contributed by atoms with Gasteiger partial charge in [0.2, 0.25) is 5.78 Å². The molecule has 24 heavy (non-hydrogen) atoms. The largest absolute Gasteiger partial charge is 0.472 e. The first kappa shape index (κ1) is 20.7. The molecule has 5 nitrogen and oxygen atoms in total. The molecule has 1 rings (SSSR count). The highest BCUT2D eigenvalue weighted by atomic mass is 31.2. The topological polar surface area (TPSA) is 72.8 Å². The van der Waals surface area contributed by atoms with Gasteiger partial charge in [0.25, 0.3) is 0 Å². The molecule has 0 amide bonds. The molecule has 1 atom stereocenters. The van der Waals surface area contributed by atoms with Crippen molar-refractivity contribution >= 4 is 13.6 Å². The molecule has 1 aromatic carbocycles. The molecule has 0 spiro atoms. The van der Waals surface area contributed by atoms with Crippen LogP contribution in [-0.2, 0) is 20.0 Å². The summed E-state index contributed by atoms with van der Waals surface area (Å²) in [6.07, 6.45) is -5.92. The van der Waals surface area contributed by atoms with Crippen LogP contribution in [-0.4, -0.2) is 36.0 Å². The van der Waals surface area contributed by atoms with Gasteiger partial charge in [-0.25, -0.2) is 4.57 Å². The Morgan fingerprint density at radius 1 is 1.12 bits per heavy atom. The lowest BCUT2D eigenvalue weighted by atomic mass is 10.0.